The fourth-order valence-electron chi connectivity index (χ4n) is 1.88. The second-order valence-electron chi connectivity index (χ2n) is 5.04. The van der Waals surface area contributed by atoms with E-state index in [-0.39, 0.29) is 0 Å². The number of aromatic nitrogens is 4. The lowest BCUT2D eigenvalue weighted by Crippen LogP contribution is -1.98. The second-order valence-corrected chi connectivity index (χ2v) is 8.55. The van der Waals surface area contributed by atoms with E-state index in [9.17, 15) is 0 Å². The number of hydrogen-bond donors (Lipinski definition) is 0. The molecule has 0 spiro atoms. The van der Waals surface area contributed by atoms with E-state index in [1.165, 1.54) is 23.5 Å². The van der Waals surface area contributed by atoms with Gasteiger partial charge in [-0.3, -0.25) is 0 Å². The number of hydrogen-bond acceptors (Lipinski definition) is 6. The summed E-state index contributed by atoms with van der Waals surface area (Å²) in [7, 11) is 0. The maximum Gasteiger partial charge on any atom is 0.230 e. The standard InChI is InChI=1S/C16H10Cl4N4S2/c17-11-3-1-9(5-13(11)19)7-25-15-21-23-16(24-22-15)26-8-10-2-4-12(18)14(20)6-10/h1-6H,7-8H2. The monoisotopic (exact) mass is 462 g/mol. The van der Waals surface area contributed by atoms with Gasteiger partial charge in [0.1, 0.15) is 0 Å². The van der Waals surface area contributed by atoms with Crippen LogP contribution in [0.2, 0.25) is 20.1 Å². The highest BCUT2D eigenvalue weighted by molar-refractivity contribution is 7.98. The van der Waals surface area contributed by atoms with Crippen LogP contribution in [-0.2, 0) is 11.5 Å². The van der Waals surface area contributed by atoms with Crippen LogP contribution in [0.25, 0.3) is 0 Å². The first-order valence-corrected chi connectivity index (χ1v) is 10.7. The first-order chi connectivity index (χ1) is 12.5. The van der Waals surface area contributed by atoms with Gasteiger partial charge in [0, 0.05) is 11.5 Å². The zero-order valence-corrected chi connectivity index (χ0v) is 17.7. The first-order valence-electron chi connectivity index (χ1n) is 7.22. The van der Waals surface area contributed by atoms with Crippen LogP contribution < -0.4 is 0 Å². The van der Waals surface area contributed by atoms with Crippen LogP contribution in [0.15, 0.2) is 46.7 Å². The molecule has 0 aliphatic rings. The number of thioether (sulfide) groups is 2. The normalized spacial score (nSPS) is 10.9. The summed E-state index contributed by atoms with van der Waals surface area (Å²) in [6, 6.07) is 11.0. The molecule has 1 heterocycles. The molecule has 0 N–H and O–H groups in total. The Kier molecular flexibility index (Phi) is 7.26. The van der Waals surface area contributed by atoms with Crippen LogP contribution in [0, 0.1) is 0 Å². The van der Waals surface area contributed by atoms with E-state index in [0.717, 1.165) is 11.1 Å². The van der Waals surface area contributed by atoms with E-state index >= 15 is 0 Å². The topological polar surface area (TPSA) is 51.6 Å². The Morgan fingerprint density at radius 2 is 0.962 bits per heavy atom. The third kappa shape index (κ3) is 5.62. The Labute approximate surface area is 179 Å². The average molecular weight is 464 g/mol. The Morgan fingerprint density at radius 1 is 0.577 bits per heavy atom. The molecule has 0 aliphatic carbocycles. The van der Waals surface area contributed by atoms with Crippen molar-refractivity contribution in [2.75, 3.05) is 0 Å². The van der Waals surface area contributed by atoms with E-state index in [1.807, 2.05) is 24.3 Å². The van der Waals surface area contributed by atoms with Gasteiger partial charge in [0.2, 0.25) is 10.3 Å². The Morgan fingerprint density at radius 3 is 1.31 bits per heavy atom. The van der Waals surface area contributed by atoms with E-state index in [4.69, 9.17) is 46.4 Å². The van der Waals surface area contributed by atoms with E-state index in [2.05, 4.69) is 20.4 Å². The van der Waals surface area contributed by atoms with Crippen LogP contribution >= 0.6 is 69.9 Å². The van der Waals surface area contributed by atoms with E-state index in [0.29, 0.717) is 41.9 Å². The molecule has 3 rings (SSSR count). The summed E-state index contributed by atoms with van der Waals surface area (Å²) in [5.74, 6) is 1.30. The zero-order chi connectivity index (χ0) is 18.5. The molecule has 134 valence electrons. The third-order valence-electron chi connectivity index (χ3n) is 3.15. The van der Waals surface area contributed by atoms with Gasteiger partial charge >= 0.3 is 0 Å². The molecule has 26 heavy (non-hydrogen) atoms. The molecule has 0 saturated carbocycles. The molecule has 0 aliphatic heterocycles. The van der Waals surface area contributed by atoms with Crippen LogP contribution in [0.4, 0.5) is 0 Å². The highest BCUT2D eigenvalue weighted by atomic mass is 35.5. The Balaban J connectivity index is 1.54. The highest BCUT2D eigenvalue weighted by Crippen LogP contribution is 2.27. The average Bonchev–Trinajstić information content (AvgIpc) is 2.64. The van der Waals surface area contributed by atoms with Crippen molar-refractivity contribution in [1.82, 2.24) is 20.4 Å². The van der Waals surface area contributed by atoms with Gasteiger partial charge in [-0.05, 0) is 35.4 Å². The predicted octanol–water partition coefficient (Wildman–Crippen LogP) is 6.46. The van der Waals surface area contributed by atoms with Gasteiger partial charge in [0.25, 0.3) is 0 Å². The van der Waals surface area contributed by atoms with Crippen molar-refractivity contribution in [2.45, 2.75) is 21.8 Å². The van der Waals surface area contributed by atoms with Crippen molar-refractivity contribution < 1.29 is 0 Å². The number of rotatable bonds is 6. The number of nitrogens with zero attached hydrogens (tertiary/aromatic N) is 4. The Bertz CT molecular complexity index is 835. The summed E-state index contributed by atoms with van der Waals surface area (Å²) in [6.45, 7) is 0. The predicted molar refractivity (Wildman–Crippen MR) is 110 cm³/mol. The SMILES string of the molecule is Clc1ccc(CSc2nnc(SCc3ccc(Cl)c(Cl)c3)nn2)cc1Cl. The van der Waals surface area contributed by atoms with Crippen LogP contribution in [-0.4, -0.2) is 20.4 Å². The maximum absolute atomic E-state index is 6.00. The number of benzene rings is 2. The summed E-state index contributed by atoms with van der Waals surface area (Å²) in [5.41, 5.74) is 2.04. The Hall–Kier alpha value is -0.760. The minimum Gasteiger partial charge on any atom is -0.119 e. The van der Waals surface area contributed by atoms with Crippen LogP contribution in [0.1, 0.15) is 11.1 Å². The molecule has 4 nitrogen and oxygen atoms in total. The van der Waals surface area contributed by atoms with Crippen molar-refractivity contribution in [3.63, 3.8) is 0 Å². The summed E-state index contributed by atoms with van der Waals surface area (Å²) in [4.78, 5) is 0. The largest absolute Gasteiger partial charge is 0.230 e. The molecule has 1 aromatic heterocycles. The molecule has 10 heteroatoms. The van der Waals surface area contributed by atoms with Crippen molar-refractivity contribution in [3.05, 3.63) is 67.6 Å². The van der Waals surface area contributed by atoms with Gasteiger partial charge in [-0.1, -0.05) is 82.1 Å². The molecule has 0 atom stereocenters. The quantitative estimate of drug-likeness (QED) is 0.390. The fourth-order valence-corrected chi connectivity index (χ4v) is 3.87. The molecule has 0 bridgehead atoms. The van der Waals surface area contributed by atoms with Gasteiger partial charge in [0.05, 0.1) is 20.1 Å². The molecule has 0 fully saturated rings. The third-order valence-corrected chi connectivity index (χ3v) is 6.42. The molecule has 0 radical (unpaired) electrons. The van der Waals surface area contributed by atoms with Gasteiger partial charge in [-0.25, -0.2) is 0 Å². The number of halogens is 4. The minimum absolute atomic E-state index is 0.495. The van der Waals surface area contributed by atoms with Crippen molar-refractivity contribution in [2.24, 2.45) is 0 Å². The molecule has 0 unspecified atom stereocenters. The van der Waals surface area contributed by atoms with Crippen LogP contribution in [0.5, 0.6) is 0 Å². The molecule has 3 aromatic rings. The lowest BCUT2D eigenvalue weighted by atomic mass is 10.2. The van der Waals surface area contributed by atoms with Gasteiger partial charge in [0.15, 0.2) is 0 Å². The summed E-state index contributed by atoms with van der Waals surface area (Å²) >= 11 is 26.7. The lowest BCUT2D eigenvalue weighted by molar-refractivity contribution is 0.665. The summed E-state index contributed by atoms with van der Waals surface area (Å²) in [5, 5.41) is 19.5. The minimum atomic E-state index is 0.495. The van der Waals surface area contributed by atoms with Gasteiger partial charge in [-0.2, -0.15) is 0 Å². The molecule has 0 amide bonds. The molecule has 2 aromatic carbocycles. The maximum atomic E-state index is 6.00. The van der Waals surface area contributed by atoms with Crippen LogP contribution in [0.3, 0.4) is 0 Å². The smallest absolute Gasteiger partial charge is 0.119 e. The second kappa shape index (κ2) is 9.44. The first kappa shape index (κ1) is 20.0. The summed E-state index contributed by atoms with van der Waals surface area (Å²) in [6.07, 6.45) is 0. The lowest BCUT2D eigenvalue weighted by Gasteiger charge is -2.03. The highest BCUT2D eigenvalue weighted by Gasteiger charge is 2.07. The molecule has 0 saturated heterocycles. The molecular weight excluding hydrogens is 454 g/mol. The van der Waals surface area contributed by atoms with Gasteiger partial charge < -0.3 is 0 Å². The van der Waals surface area contributed by atoms with Crippen molar-refractivity contribution >= 4 is 69.9 Å². The fraction of sp³-hybridized carbons (Fsp3) is 0.125. The summed E-state index contributed by atoms with van der Waals surface area (Å²) < 4.78 is 0. The van der Waals surface area contributed by atoms with Crippen molar-refractivity contribution in [1.29, 1.82) is 0 Å². The van der Waals surface area contributed by atoms with E-state index in [1.54, 1.807) is 12.1 Å². The van der Waals surface area contributed by atoms with Gasteiger partial charge in [-0.15, -0.1) is 20.4 Å². The van der Waals surface area contributed by atoms with Crippen molar-refractivity contribution in [3.8, 4) is 0 Å². The van der Waals surface area contributed by atoms with E-state index < -0.39 is 0 Å². The molecular formula is C16H10Cl4N4S2. The zero-order valence-electron chi connectivity index (χ0n) is 13.0.